The fraction of sp³-hybridized carbons (Fsp3) is 0.421. The average Bonchev–Trinajstić information content (AvgIpc) is 3.08. The van der Waals surface area contributed by atoms with Gasteiger partial charge in [-0.2, -0.15) is 0 Å². The number of esters is 1. The molecule has 0 aliphatic rings. The van der Waals surface area contributed by atoms with E-state index in [1.165, 1.54) is 17.4 Å². The van der Waals surface area contributed by atoms with Crippen LogP contribution in [0.5, 0.6) is 0 Å². The van der Waals surface area contributed by atoms with Crippen molar-refractivity contribution in [1.82, 2.24) is 15.6 Å². The van der Waals surface area contributed by atoms with Crippen molar-refractivity contribution in [1.29, 1.82) is 0 Å². The van der Waals surface area contributed by atoms with Gasteiger partial charge in [0.05, 0.1) is 24.9 Å². The summed E-state index contributed by atoms with van der Waals surface area (Å²) in [7, 11) is 1.64. The number of hydrogen-bond acceptors (Lipinski definition) is 6. The Labute approximate surface area is 167 Å². The standard InChI is InChI=1S/C19H25FN4O3S/c1-5-27-18(26)16-11(2)23-17(28-16)12(3)24-19(21-4)22-9-13-6-7-15(20)14(8-13)10-25/h6-8,12,25H,5,9-10H2,1-4H3,(H2,21,22,24). The minimum absolute atomic E-state index is 0.181. The molecule has 9 heteroatoms. The lowest BCUT2D eigenvalue weighted by Crippen LogP contribution is -2.38. The summed E-state index contributed by atoms with van der Waals surface area (Å²) >= 11 is 1.29. The van der Waals surface area contributed by atoms with E-state index in [1.54, 1.807) is 33.0 Å². The third-order valence-electron chi connectivity index (χ3n) is 3.96. The molecule has 3 N–H and O–H groups in total. The Bertz CT molecular complexity index is 854. The molecule has 0 saturated heterocycles. The Hall–Kier alpha value is -2.52. The number of ether oxygens (including phenoxy) is 1. The first-order valence-corrected chi connectivity index (χ1v) is 9.71. The largest absolute Gasteiger partial charge is 0.462 e. The van der Waals surface area contributed by atoms with Gasteiger partial charge in [0.25, 0.3) is 0 Å². The quantitative estimate of drug-likeness (QED) is 0.370. The maximum absolute atomic E-state index is 13.5. The molecule has 0 aliphatic heterocycles. The van der Waals surface area contributed by atoms with E-state index in [2.05, 4.69) is 20.6 Å². The van der Waals surface area contributed by atoms with Gasteiger partial charge in [0.15, 0.2) is 5.96 Å². The summed E-state index contributed by atoms with van der Waals surface area (Å²) in [5, 5.41) is 16.3. The first-order valence-electron chi connectivity index (χ1n) is 8.89. The molecule has 7 nitrogen and oxygen atoms in total. The molecular formula is C19H25FN4O3S. The van der Waals surface area contributed by atoms with E-state index >= 15 is 0 Å². The Morgan fingerprint density at radius 3 is 2.86 bits per heavy atom. The van der Waals surface area contributed by atoms with Crippen LogP contribution in [0.4, 0.5) is 4.39 Å². The highest BCUT2D eigenvalue weighted by Gasteiger charge is 2.20. The molecule has 2 rings (SSSR count). The van der Waals surface area contributed by atoms with E-state index in [9.17, 15) is 14.3 Å². The Morgan fingerprint density at radius 1 is 1.46 bits per heavy atom. The molecule has 0 amide bonds. The van der Waals surface area contributed by atoms with Crippen molar-refractivity contribution in [3.8, 4) is 0 Å². The number of guanidine groups is 1. The summed E-state index contributed by atoms with van der Waals surface area (Å²) in [5.74, 6) is -0.263. The second kappa shape index (κ2) is 10.1. The van der Waals surface area contributed by atoms with Gasteiger partial charge < -0.3 is 20.5 Å². The van der Waals surface area contributed by atoms with Gasteiger partial charge >= 0.3 is 5.97 Å². The van der Waals surface area contributed by atoms with Crippen molar-refractivity contribution in [2.24, 2.45) is 4.99 Å². The Morgan fingerprint density at radius 2 is 2.21 bits per heavy atom. The molecule has 28 heavy (non-hydrogen) atoms. The number of rotatable bonds is 7. The van der Waals surface area contributed by atoms with Crippen molar-refractivity contribution >= 4 is 23.3 Å². The summed E-state index contributed by atoms with van der Waals surface area (Å²) < 4.78 is 18.5. The number of aromatic nitrogens is 1. The Kier molecular flexibility index (Phi) is 7.89. The topological polar surface area (TPSA) is 95.8 Å². The molecule has 1 unspecified atom stereocenters. The zero-order valence-electron chi connectivity index (χ0n) is 16.4. The highest BCUT2D eigenvalue weighted by molar-refractivity contribution is 7.13. The third-order valence-corrected chi connectivity index (χ3v) is 5.28. The number of nitrogens with one attached hydrogen (secondary N) is 2. The third kappa shape index (κ3) is 5.49. The van der Waals surface area contributed by atoms with Gasteiger partial charge in [0, 0.05) is 19.2 Å². The molecule has 1 aromatic heterocycles. The number of aliphatic imine (C=N–C) groups is 1. The van der Waals surface area contributed by atoms with Crippen molar-refractivity contribution in [2.45, 2.75) is 40.0 Å². The molecule has 0 spiro atoms. The van der Waals surface area contributed by atoms with Gasteiger partial charge in [0.2, 0.25) is 0 Å². The van der Waals surface area contributed by atoms with Crippen molar-refractivity contribution in [3.63, 3.8) is 0 Å². The summed E-state index contributed by atoms with van der Waals surface area (Å²) in [6, 6.07) is 4.40. The second-order valence-electron chi connectivity index (χ2n) is 6.06. The van der Waals surface area contributed by atoms with Crippen molar-refractivity contribution in [2.75, 3.05) is 13.7 Å². The first kappa shape index (κ1) is 21.8. The highest BCUT2D eigenvalue weighted by Crippen LogP contribution is 2.24. The smallest absolute Gasteiger partial charge is 0.350 e. The number of aryl methyl sites for hydroxylation is 1. The molecule has 0 aliphatic carbocycles. The normalized spacial score (nSPS) is 12.6. The van der Waals surface area contributed by atoms with Crippen LogP contribution in [-0.2, 0) is 17.9 Å². The van der Waals surface area contributed by atoms with Gasteiger partial charge in [-0.25, -0.2) is 14.2 Å². The number of thiazole rings is 1. The number of carbonyl (C=O) groups is 1. The minimum atomic E-state index is -0.432. The van der Waals surface area contributed by atoms with Crippen LogP contribution < -0.4 is 10.6 Å². The molecule has 1 atom stereocenters. The summed E-state index contributed by atoms with van der Waals surface area (Å²) in [5.41, 5.74) is 1.70. The molecular weight excluding hydrogens is 383 g/mol. The monoisotopic (exact) mass is 408 g/mol. The number of aliphatic hydroxyl groups is 1. The number of halogens is 1. The number of benzene rings is 1. The van der Waals surface area contributed by atoms with E-state index in [0.717, 1.165) is 10.6 Å². The lowest BCUT2D eigenvalue weighted by molar-refractivity contribution is 0.0531. The van der Waals surface area contributed by atoms with Crippen LogP contribution in [0.1, 0.15) is 51.4 Å². The molecule has 1 heterocycles. The predicted molar refractivity (Wildman–Crippen MR) is 107 cm³/mol. The van der Waals surface area contributed by atoms with Gasteiger partial charge in [0.1, 0.15) is 15.7 Å². The first-order chi connectivity index (χ1) is 13.4. The van der Waals surface area contributed by atoms with E-state index < -0.39 is 5.82 Å². The van der Waals surface area contributed by atoms with Crippen LogP contribution in [-0.4, -0.2) is 35.7 Å². The maximum atomic E-state index is 13.5. The van der Waals surface area contributed by atoms with Crippen molar-refractivity contribution < 1.29 is 19.0 Å². The van der Waals surface area contributed by atoms with Gasteiger partial charge in [-0.15, -0.1) is 11.3 Å². The van der Waals surface area contributed by atoms with Crippen LogP contribution in [0.3, 0.4) is 0 Å². The SMILES string of the molecule is CCOC(=O)c1sc(C(C)NC(=NC)NCc2ccc(F)c(CO)c2)nc1C. The van der Waals surface area contributed by atoms with Gasteiger partial charge in [-0.05, 0) is 38.5 Å². The summed E-state index contributed by atoms with van der Waals surface area (Å²) in [6.45, 7) is 5.83. The zero-order valence-corrected chi connectivity index (χ0v) is 17.2. The second-order valence-corrected chi connectivity index (χ2v) is 7.09. The van der Waals surface area contributed by atoms with E-state index in [0.29, 0.717) is 29.7 Å². The lowest BCUT2D eigenvalue weighted by atomic mass is 10.1. The molecule has 0 saturated carbocycles. The van der Waals surface area contributed by atoms with Crippen LogP contribution in [0.25, 0.3) is 0 Å². The van der Waals surface area contributed by atoms with Crippen LogP contribution in [0.2, 0.25) is 0 Å². The van der Waals surface area contributed by atoms with E-state index in [-0.39, 0.29) is 24.2 Å². The lowest BCUT2D eigenvalue weighted by Gasteiger charge is -2.16. The van der Waals surface area contributed by atoms with Gasteiger partial charge in [-0.3, -0.25) is 4.99 Å². The van der Waals surface area contributed by atoms with Gasteiger partial charge in [-0.1, -0.05) is 6.07 Å². The van der Waals surface area contributed by atoms with E-state index in [4.69, 9.17) is 4.74 Å². The average molecular weight is 408 g/mol. The summed E-state index contributed by atoms with van der Waals surface area (Å²) in [6.07, 6.45) is 0. The predicted octanol–water partition coefficient (Wildman–Crippen LogP) is 2.69. The van der Waals surface area contributed by atoms with E-state index in [1.807, 2.05) is 6.92 Å². The minimum Gasteiger partial charge on any atom is -0.462 e. The highest BCUT2D eigenvalue weighted by atomic mass is 32.1. The molecule has 2 aromatic rings. The maximum Gasteiger partial charge on any atom is 0.350 e. The fourth-order valence-electron chi connectivity index (χ4n) is 2.49. The number of hydrogen-bond donors (Lipinski definition) is 3. The van der Waals surface area contributed by atoms with Crippen molar-refractivity contribution in [3.05, 3.63) is 50.7 Å². The van der Waals surface area contributed by atoms with Crippen LogP contribution >= 0.6 is 11.3 Å². The molecule has 0 bridgehead atoms. The number of nitrogens with zero attached hydrogens (tertiary/aromatic N) is 2. The number of aliphatic hydroxyl groups excluding tert-OH is 1. The van der Waals surface area contributed by atoms with Crippen LogP contribution in [0, 0.1) is 12.7 Å². The molecule has 0 radical (unpaired) electrons. The number of carbonyl (C=O) groups excluding carboxylic acids is 1. The molecule has 0 fully saturated rings. The molecule has 152 valence electrons. The summed E-state index contributed by atoms with van der Waals surface area (Å²) in [4.78, 5) is 21.1. The molecule has 1 aromatic carbocycles. The zero-order chi connectivity index (χ0) is 20.7. The van der Waals surface area contributed by atoms with Crippen LogP contribution in [0.15, 0.2) is 23.2 Å². The fourth-order valence-corrected chi connectivity index (χ4v) is 3.46. The Balaban J connectivity index is 2.01.